The van der Waals surface area contributed by atoms with Crippen LogP contribution in [0.5, 0.6) is 0 Å². The Morgan fingerprint density at radius 1 is 1.44 bits per heavy atom. The van der Waals surface area contributed by atoms with Crippen LogP contribution in [0.2, 0.25) is 0 Å². The highest BCUT2D eigenvalue weighted by molar-refractivity contribution is 5.18. The van der Waals surface area contributed by atoms with Crippen molar-refractivity contribution in [2.24, 2.45) is 5.92 Å². The van der Waals surface area contributed by atoms with E-state index in [0.717, 1.165) is 13.1 Å². The lowest BCUT2D eigenvalue weighted by Gasteiger charge is -2.24. The Hall–Kier alpha value is -1.33. The first kappa shape index (κ1) is 11.2. The van der Waals surface area contributed by atoms with Crippen LogP contribution in [0.4, 0.5) is 0 Å². The zero-order chi connectivity index (χ0) is 11.4. The van der Waals surface area contributed by atoms with Crippen LogP contribution in [0.15, 0.2) is 30.3 Å². The van der Waals surface area contributed by atoms with E-state index in [1.54, 1.807) is 0 Å². The van der Waals surface area contributed by atoms with Crippen LogP contribution in [-0.4, -0.2) is 18.0 Å². The van der Waals surface area contributed by atoms with E-state index in [9.17, 15) is 0 Å². The minimum atomic E-state index is 0.477. The molecule has 2 rings (SSSR count). The quantitative estimate of drug-likeness (QED) is 0.773. The van der Waals surface area contributed by atoms with E-state index in [1.807, 2.05) is 0 Å². The molecule has 0 amide bonds. The number of nitrogens with zero attached hydrogens (tertiary/aromatic N) is 2. The molecule has 1 aromatic carbocycles. The molecule has 1 fully saturated rings. The third-order valence-corrected chi connectivity index (χ3v) is 3.53. The van der Waals surface area contributed by atoms with Crippen LogP contribution >= 0.6 is 0 Å². The van der Waals surface area contributed by atoms with Gasteiger partial charge in [0.2, 0.25) is 0 Å². The SMILES string of the molecule is CC(c1ccccc1)N1CC[C@H](CC#N)C1. The topological polar surface area (TPSA) is 27.0 Å². The Morgan fingerprint density at radius 3 is 2.88 bits per heavy atom. The second kappa shape index (κ2) is 5.14. The lowest BCUT2D eigenvalue weighted by Crippen LogP contribution is -2.24. The molecule has 0 aliphatic carbocycles. The molecule has 0 radical (unpaired) electrons. The fraction of sp³-hybridized carbons (Fsp3) is 0.500. The first-order valence-corrected chi connectivity index (χ1v) is 5.97. The van der Waals surface area contributed by atoms with Gasteiger partial charge in [-0.3, -0.25) is 4.90 Å². The number of nitriles is 1. The van der Waals surface area contributed by atoms with Gasteiger partial charge in [-0.25, -0.2) is 0 Å². The summed E-state index contributed by atoms with van der Waals surface area (Å²) in [7, 11) is 0. The summed E-state index contributed by atoms with van der Waals surface area (Å²) in [6, 6.07) is 13.4. The summed E-state index contributed by atoms with van der Waals surface area (Å²) in [4.78, 5) is 2.48. The van der Waals surface area contributed by atoms with Gasteiger partial charge < -0.3 is 0 Å². The van der Waals surface area contributed by atoms with E-state index in [1.165, 1.54) is 12.0 Å². The molecule has 2 nitrogen and oxygen atoms in total. The molecule has 0 spiro atoms. The molecular weight excluding hydrogens is 196 g/mol. The van der Waals surface area contributed by atoms with E-state index < -0.39 is 0 Å². The van der Waals surface area contributed by atoms with Gasteiger partial charge in [0.1, 0.15) is 0 Å². The summed E-state index contributed by atoms with van der Waals surface area (Å²) in [6.45, 7) is 4.45. The van der Waals surface area contributed by atoms with Crippen molar-refractivity contribution in [3.8, 4) is 6.07 Å². The van der Waals surface area contributed by atoms with E-state index >= 15 is 0 Å². The fourth-order valence-corrected chi connectivity index (χ4v) is 2.45. The Labute approximate surface area is 97.5 Å². The number of benzene rings is 1. The highest BCUT2D eigenvalue weighted by atomic mass is 15.2. The molecule has 2 heteroatoms. The molecule has 1 aliphatic heterocycles. The van der Waals surface area contributed by atoms with Crippen molar-refractivity contribution in [2.75, 3.05) is 13.1 Å². The molecule has 1 aromatic rings. The van der Waals surface area contributed by atoms with Gasteiger partial charge in [-0.2, -0.15) is 5.26 Å². The zero-order valence-corrected chi connectivity index (χ0v) is 9.76. The minimum Gasteiger partial charge on any atom is -0.296 e. The fourth-order valence-electron chi connectivity index (χ4n) is 2.45. The van der Waals surface area contributed by atoms with Crippen molar-refractivity contribution < 1.29 is 0 Å². The average molecular weight is 214 g/mol. The van der Waals surface area contributed by atoms with Crippen molar-refractivity contribution in [1.82, 2.24) is 4.90 Å². The van der Waals surface area contributed by atoms with Crippen molar-refractivity contribution in [1.29, 1.82) is 5.26 Å². The molecule has 1 unspecified atom stereocenters. The molecule has 0 aromatic heterocycles. The standard InChI is InChI=1S/C14H18N2/c1-12(14-5-3-2-4-6-14)16-10-8-13(11-16)7-9-15/h2-6,12-13H,7-8,10-11H2,1H3/t12?,13-/m0/s1. The van der Waals surface area contributed by atoms with Gasteiger partial charge in [0.25, 0.3) is 0 Å². The Morgan fingerprint density at radius 2 is 2.19 bits per heavy atom. The first-order chi connectivity index (χ1) is 7.81. The van der Waals surface area contributed by atoms with Crippen LogP contribution in [0.1, 0.15) is 31.4 Å². The van der Waals surface area contributed by atoms with Crippen molar-refractivity contribution >= 4 is 0 Å². The number of hydrogen-bond donors (Lipinski definition) is 0. The van der Waals surface area contributed by atoms with Gasteiger partial charge in [0.15, 0.2) is 0 Å². The average Bonchev–Trinajstić information content (AvgIpc) is 2.78. The summed E-state index contributed by atoms with van der Waals surface area (Å²) in [5.74, 6) is 0.580. The third-order valence-electron chi connectivity index (χ3n) is 3.53. The lowest BCUT2D eigenvalue weighted by molar-refractivity contribution is 0.253. The number of hydrogen-bond acceptors (Lipinski definition) is 2. The molecule has 84 valence electrons. The molecule has 1 saturated heterocycles. The van der Waals surface area contributed by atoms with Crippen molar-refractivity contribution in [3.63, 3.8) is 0 Å². The number of rotatable bonds is 3. The van der Waals surface area contributed by atoms with Gasteiger partial charge in [0, 0.05) is 19.0 Å². The molecule has 0 N–H and O–H groups in total. The van der Waals surface area contributed by atoms with Crippen LogP contribution in [0, 0.1) is 17.2 Å². The van der Waals surface area contributed by atoms with Crippen LogP contribution in [0.3, 0.4) is 0 Å². The van der Waals surface area contributed by atoms with E-state index in [-0.39, 0.29) is 0 Å². The number of likely N-dealkylation sites (tertiary alicyclic amines) is 1. The Bertz CT molecular complexity index is 366. The predicted molar refractivity (Wildman–Crippen MR) is 64.8 cm³/mol. The van der Waals surface area contributed by atoms with Gasteiger partial charge in [-0.15, -0.1) is 0 Å². The summed E-state index contributed by atoms with van der Waals surface area (Å²) < 4.78 is 0. The van der Waals surface area contributed by atoms with E-state index in [0.29, 0.717) is 18.4 Å². The molecule has 16 heavy (non-hydrogen) atoms. The molecule has 1 aliphatic rings. The van der Waals surface area contributed by atoms with E-state index in [2.05, 4.69) is 48.2 Å². The van der Waals surface area contributed by atoms with Gasteiger partial charge in [0.05, 0.1) is 6.07 Å². The maximum atomic E-state index is 8.70. The van der Waals surface area contributed by atoms with Crippen LogP contribution in [-0.2, 0) is 0 Å². The van der Waals surface area contributed by atoms with Crippen LogP contribution < -0.4 is 0 Å². The second-order valence-electron chi connectivity index (χ2n) is 4.60. The van der Waals surface area contributed by atoms with E-state index in [4.69, 9.17) is 5.26 Å². The van der Waals surface area contributed by atoms with Gasteiger partial charge >= 0.3 is 0 Å². The first-order valence-electron chi connectivity index (χ1n) is 5.97. The summed E-state index contributed by atoms with van der Waals surface area (Å²) in [5, 5.41) is 8.70. The maximum absolute atomic E-state index is 8.70. The van der Waals surface area contributed by atoms with Crippen molar-refractivity contribution in [3.05, 3.63) is 35.9 Å². The third kappa shape index (κ3) is 2.43. The smallest absolute Gasteiger partial charge is 0.0625 e. The highest BCUT2D eigenvalue weighted by Gasteiger charge is 2.26. The Balaban J connectivity index is 1.97. The predicted octanol–water partition coefficient (Wildman–Crippen LogP) is 2.98. The second-order valence-corrected chi connectivity index (χ2v) is 4.60. The lowest BCUT2D eigenvalue weighted by atomic mass is 10.1. The molecule has 2 atom stereocenters. The normalized spacial score (nSPS) is 22.9. The van der Waals surface area contributed by atoms with Crippen LogP contribution in [0.25, 0.3) is 0 Å². The minimum absolute atomic E-state index is 0.477. The molecular formula is C14H18N2. The highest BCUT2D eigenvalue weighted by Crippen LogP contribution is 2.28. The Kier molecular flexibility index (Phi) is 3.58. The molecule has 1 heterocycles. The largest absolute Gasteiger partial charge is 0.296 e. The van der Waals surface area contributed by atoms with Gasteiger partial charge in [-0.1, -0.05) is 30.3 Å². The molecule has 0 saturated carbocycles. The summed E-state index contributed by atoms with van der Waals surface area (Å²) in [5.41, 5.74) is 1.38. The van der Waals surface area contributed by atoms with Crippen molar-refractivity contribution in [2.45, 2.75) is 25.8 Å². The monoisotopic (exact) mass is 214 g/mol. The van der Waals surface area contributed by atoms with Gasteiger partial charge in [-0.05, 0) is 31.4 Å². The summed E-state index contributed by atoms with van der Waals surface area (Å²) >= 11 is 0. The zero-order valence-electron chi connectivity index (χ0n) is 9.76. The molecule has 0 bridgehead atoms. The summed E-state index contributed by atoms with van der Waals surface area (Å²) in [6.07, 6.45) is 1.88. The maximum Gasteiger partial charge on any atom is 0.0625 e.